The SMILES string of the molecule is CC1(C)c2cc(OCCN3CCS(=O)(=O)CC3)c(S(=O)(=O)O)cc2C(=O)c2c1[nH]c1cc(C#N)ccc21. The predicted molar refractivity (Wildman–Crippen MR) is 135 cm³/mol. The highest BCUT2D eigenvalue weighted by molar-refractivity contribution is 7.91. The van der Waals surface area contributed by atoms with Gasteiger partial charge in [-0.3, -0.25) is 14.2 Å². The molecule has 3 aromatic rings. The number of benzene rings is 2. The smallest absolute Gasteiger partial charge is 0.298 e. The molecule has 0 unspecified atom stereocenters. The van der Waals surface area contributed by atoms with E-state index in [1.54, 1.807) is 18.2 Å². The van der Waals surface area contributed by atoms with E-state index in [0.717, 1.165) is 6.07 Å². The molecular weight excluding hydrogens is 518 g/mol. The minimum atomic E-state index is -4.73. The van der Waals surface area contributed by atoms with Crippen molar-refractivity contribution in [2.45, 2.75) is 24.2 Å². The molecule has 2 aromatic carbocycles. The van der Waals surface area contributed by atoms with E-state index >= 15 is 0 Å². The second-order valence-corrected chi connectivity index (χ2v) is 13.6. The lowest BCUT2D eigenvalue weighted by atomic mass is 9.71. The average molecular weight is 544 g/mol. The molecule has 1 aliphatic heterocycles. The number of nitriles is 1. The third-order valence-electron chi connectivity index (χ3n) is 7.16. The van der Waals surface area contributed by atoms with Crippen LogP contribution in [0.15, 0.2) is 35.2 Å². The van der Waals surface area contributed by atoms with Crippen LogP contribution in [0.5, 0.6) is 5.75 Å². The predicted octanol–water partition coefficient (Wildman–Crippen LogP) is 2.27. The van der Waals surface area contributed by atoms with Gasteiger partial charge in [0.05, 0.1) is 28.7 Å². The molecule has 1 saturated heterocycles. The highest BCUT2D eigenvalue weighted by atomic mass is 32.2. The fourth-order valence-electron chi connectivity index (χ4n) is 5.08. The Balaban J connectivity index is 1.53. The van der Waals surface area contributed by atoms with Crippen LogP contribution in [-0.2, 0) is 25.4 Å². The summed E-state index contributed by atoms with van der Waals surface area (Å²) in [6.07, 6.45) is 0. The van der Waals surface area contributed by atoms with Crippen molar-refractivity contribution in [2.24, 2.45) is 0 Å². The van der Waals surface area contributed by atoms with E-state index in [4.69, 9.17) is 4.74 Å². The molecule has 0 spiro atoms. The molecule has 2 N–H and O–H groups in total. The Hall–Kier alpha value is -3.24. The Bertz CT molecular complexity index is 1700. The summed E-state index contributed by atoms with van der Waals surface area (Å²) in [7, 11) is -7.76. The highest BCUT2D eigenvalue weighted by Gasteiger charge is 2.41. The topological polar surface area (TPSA) is 158 Å². The van der Waals surface area contributed by atoms with Crippen molar-refractivity contribution in [2.75, 3.05) is 37.7 Å². The number of carbonyl (C=O) groups is 1. The summed E-state index contributed by atoms with van der Waals surface area (Å²) < 4.78 is 63.6. The van der Waals surface area contributed by atoms with Crippen molar-refractivity contribution in [1.82, 2.24) is 9.88 Å². The molecule has 2 heterocycles. The quantitative estimate of drug-likeness (QED) is 0.461. The number of aromatic amines is 1. The van der Waals surface area contributed by atoms with Crippen molar-refractivity contribution in [3.05, 3.63) is 58.3 Å². The molecule has 5 rings (SSSR count). The minimum Gasteiger partial charge on any atom is -0.491 e. The Morgan fingerprint density at radius 1 is 1.19 bits per heavy atom. The summed E-state index contributed by atoms with van der Waals surface area (Å²) in [6.45, 7) is 4.93. The Kier molecular flexibility index (Phi) is 5.95. The molecular formula is C25H25N3O7S2. The number of hydrogen-bond acceptors (Lipinski definition) is 8. The minimum absolute atomic E-state index is 0.0567. The van der Waals surface area contributed by atoms with Crippen LogP contribution in [0, 0.1) is 11.3 Å². The molecule has 0 saturated carbocycles. The molecule has 0 radical (unpaired) electrons. The normalized spacial score (nSPS) is 18.7. The van der Waals surface area contributed by atoms with Gasteiger partial charge >= 0.3 is 0 Å². The number of fused-ring (bicyclic) bond motifs is 4. The van der Waals surface area contributed by atoms with Gasteiger partial charge in [-0.05, 0) is 29.8 Å². The highest BCUT2D eigenvalue weighted by Crippen LogP contribution is 2.46. The zero-order valence-electron chi connectivity index (χ0n) is 20.2. The van der Waals surface area contributed by atoms with Crippen LogP contribution in [0.1, 0.15) is 46.6 Å². The van der Waals surface area contributed by atoms with Crippen LogP contribution in [0.4, 0.5) is 0 Å². The number of hydrogen-bond donors (Lipinski definition) is 2. The zero-order valence-corrected chi connectivity index (χ0v) is 21.9. The van der Waals surface area contributed by atoms with Gasteiger partial charge in [0.2, 0.25) is 0 Å². The van der Waals surface area contributed by atoms with Crippen LogP contribution in [0.3, 0.4) is 0 Å². The summed E-state index contributed by atoms with van der Waals surface area (Å²) >= 11 is 0. The number of ketones is 1. The first-order valence-corrected chi connectivity index (χ1v) is 14.9. The van der Waals surface area contributed by atoms with Gasteiger partial charge in [0.25, 0.3) is 10.1 Å². The molecule has 12 heteroatoms. The molecule has 0 amide bonds. The fourth-order valence-corrected chi connectivity index (χ4v) is 6.99. The summed E-state index contributed by atoms with van der Waals surface area (Å²) in [4.78, 5) is 18.3. The monoisotopic (exact) mass is 543 g/mol. The summed E-state index contributed by atoms with van der Waals surface area (Å²) in [5.41, 5.74) is 1.99. The summed E-state index contributed by atoms with van der Waals surface area (Å²) in [6, 6.07) is 9.68. The van der Waals surface area contributed by atoms with E-state index in [1.807, 2.05) is 18.7 Å². The number of aromatic nitrogens is 1. The third-order valence-corrected chi connectivity index (χ3v) is 9.65. The molecule has 37 heavy (non-hydrogen) atoms. The molecule has 1 aliphatic carbocycles. The fraction of sp³-hybridized carbons (Fsp3) is 0.360. The van der Waals surface area contributed by atoms with Crippen LogP contribution in [0.2, 0.25) is 0 Å². The van der Waals surface area contributed by atoms with E-state index in [-0.39, 0.29) is 29.4 Å². The van der Waals surface area contributed by atoms with Gasteiger partial charge in [0.15, 0.2) is 15.6 Å². The van der Waals surface area contributed by atoms with Gasteiger partial charge in [-0.25, -0.2) is 8.42 Å². The van der Waals surface area contributed by atoms with E-state index in [1.165, 1.54) is 6.07 Å². The summed E-state index contributed by atoms with van der Waals surface area (Å²) in [5, 5.41) is 9.88. The zero-order chi connectivity index (χ0) is 26.8. The van der Waals surface area contributed by atoms with Crippen LogP contribution >= 0.6 is 0 Å². The standard InChI is InChI=1S/C25H25N3O7S2/c1-25(2)18-13-20(35-8-5-28-6-9-36(30,31)10-7-28)21(37(32,33)34)12-17(18)23(29)22-16-4-3-15(14-26)11-19(16)27-24(22)25/h3-4,11-13,27H,5-10H2,1-2H3,(H,32,33,34). The van der Waals surface area contributed by atoms with Crippen LogP contribution in [0.25, 0.3) is 10.9 Å². The molecule has 0 bridgehead atoms. The number of rotatable bonds is 5. The first kappa shape index (κ1) is 25.4. The number of nitrogens with one attached hydrogen (secondary N) is 1. The van der Waals surface area contributed by atoms with E-state index < -0.39 is 36.0 Å². The lowest BCUT2D eigenvalue weighted by Gasteiger charge is -2.33. The lowest BCUT2D eigenvalue weighted by molar-refractivity contribution is 0.103. The Morgan fingerprint density at radius 3 is 2.54 bits per heavy atom. The second-order valence-electron chi connectivity index (χ2n) is 9.86. The molecule has 1 aromatic heterocycles. The molecule has 2 aliphatic rings. The first-order valence-electron chi connectivity index (χ1n) is 11.6. The van der Waals surface area contributed by atoms with Crippen LogP contribution < -0.4 is 4.74 Å². The van der Waals surface area contributed by atoms with Crippen molar-refractivity contribution in [1.29, 1.82) is 5.26 Å². The number of carbonyl (C=O) groups excluding carboxylic acids is 1. The van der Waals surface area contributed by atoms with E-state index in [2.05, 4.69) is 11.1 Å². The van der Waals surface area contributed by atoms with Gasteiger partial charge in [-0.1, -0.05) is 19.9 Å². The van der Waals surface area contributed by atoms with Gasteiger partial charge in [-0.2, -0.15) is 13.7 Å². The molecule has 194 valence electrons. The number of nitrogens with zero attached hydrogens (tertiary/aromatic N) is 2. The number of H-pyrrole nitrogens is 1. The van der Waals surface area contributed by atoms with Crippen molar-refractivity contribution < 1.29 is 30.9 Å². The maximum absolute atomic E-state index is 13.6. The summed E-state index contributed by atoms with van der Waals surface area (Å²) in [5.74, 6) is -0.369. The maximum atomic E-state index is 13.6. The Morgan fingerprint density at radius 2 is 1.89 bits per heavy atom. The Labute approximate surface area is 214 Å². The van der Waals surface area contributed by atoms with Crippen LogP contribution in [-0.4, -0.2) is 74.8 Å². The average Bonchev–Trinajstić information content (AvgIpc) is 3.23. The lowest BCUT2D eigenvalue weighted by Crippen LogP contribution is -2.42. The third kappa shape index (κ3) is 4.42. The molecule has 10 nitrogen and oxygen atoms in total. The molecule has 1 fully saturated rings. The van der Waals surface area contributed by atoms with Gasteiger partial charge in [0, 0.05) is 47.2 Å². The number of ether oxygens (including phenoxy) is 1. The van der Waals surface area contributed by atoms with Gasteiger partial charge < -0.3 is 9.72 Å². The van der Waals surface area contributed by atoms with Crippen molar-refractivity contribution >= 4 is 36.6 Å². The first-order chi connectivity index (χ1) is 17.3. The van der Waals surface area contributed by atoms with E-state index in [9.17, 15) is 31.4 Å². The van der Waals surface area contributed by atoms with Crippen molar-refractivity contribution in [3.63, 3.8) is 0 Å². The second kappa shape index (κ2) is 8.66. The van der Waals surface area contributed by atoms with Gasteiger partial charge in [0.1, 0.15) is 17.3 Å². The maximum Gasteiger partial charge on any atom is 0.298 e. The number of sulfone groups is 1. The van der Waals surface area contributed by atoms with E-state index in [0.29, 0.717) is 52.9 Å². The van der Waals surface area contributed by atoms with Crippen molar-refractivity contribution in [3.8, 4) is 11.8 Å². The molecule has 0 atom stereocenters. The van der Waals surface area contributed by atoms with Gasteiger partial charge in [-0.15, -0.1) is 0 Å². The largest absolute Gasteiger partial charge is 0.491 e.